The molecule has 0 unspecified atom stereocenters. The molecule has 0 bridgehead atoms. The van der Waals surface area contributed by atoms with Gasteiger partial charge in [0.15, 0.2) is 11.4 Å². The topological polar surface area (TPSA) is 34.4 Å². The van der Waals surface area contributed by atoms with Gasteiger partial charge in [0.1, 0.15) is 0 Å². The minimum absolute atomic E-state index is 0.349. The summed E-state index contributed by atoms with van der Waals surface area (Å²) in [6, 6.07) is 13.9. The summed E-state index contributed by atoms with van der Waals surface area (Å²) >= 11 is 0. The van der Waals surface area contributed by atoms with E-state index in [1.165, 1.54) is 5.56 Å². The predicted molar refractivity (Wildman–Crippen MR) is 63.2 cm³/mol. The lowest BCUT2D eigenvalue weighted by atomic mass is 10.1. The molecule has 0 saturated heterocycles. The number of aromatic nitrogens is 1. The van der Waals surface area contributed by atoms with Crippen molar-refractivity contribution in [2.75, 3.05) is 0 Å². The molecule has 1 heterocycles. The maximum Gasteiger partial charge on any atom is 0.222 e. The van der Waals surface area contributed by atoms with Crippen molar-refractivity contribution in [3.05, 3.63) is 59.4 Å². The minimum atomic E-state index is 0.349. The zero-order valence-electron chi connectivity index (χ0n) is 9.40. The van der Waals surface area contributed by atoms with E-state index < -0.39 is 0 Å². The van der Waals surface area contributed by atoms with Crippen LogP contribution in [0.4, 0.5) is 0 Å². The summed E-state index contributed by atoms with van der Waals surface area (Å²) in [6.45, 7) is 1.99. The lowest BCUT2D eigenvalue weighted by Gasteiger charge is -2.00. The molecule has 2 heteroatoms. The molecule has 2 N–H and O–H groups in total. The highest BCUT2D eigenvalue weighted by atomic mass is 16.3. The molecule has 0 amide bonds. The molecule has 0 spiro atoms. The molecule has 0 aliphatic carbocycles. The number of hydrogen-bond acceptors (Lipinski definition) is 1. The van der Waals surface area contributed by atoms with Gasteiger partial charge >= 0.3 is 0 Å². The Morgan fingerprint density at radius 1 is 1.00 bits per heavy atom. The van der Waals surface area contributed by atoms with Gasteiger partial charge in [0.05, 0.1) is 0 Å². The number of nitrogens with one attached hydrogen (secondary N) is 1. The molecule has 1 aromatic heterocycles. The summed E-state index contributed by atoms with van der Waals surface area (Å²) in [6.07, 6.45) is 1.77. The SMILES string of the molecule is Cc1ccc(O)c(CCc2ccccc2)[nH+]1. The minimum Gasteiger partial charge on any atom is -0.503 e. The quantitative estimate of drug-likeness (QED) is 0.835. The Morgan fingerprint density at radius 3 is 2.50 bits per heavy atom. The fraction of sp³-hybridized carbons (Fsp3) is 0.214. The van der Waals surface area contributed by atoms with Gasteiger partial charge in [0.25, 0.3) is 0 Å². The zero-order chi connectivity index (χ0) is 11.4. The van der Waals surface area contributed by atoms with Crippen molar-refractivity contribution in [2.24, 2.45) is 0 Å². The average molecular weight is 214 g/mol. The van der Waals surface area contributed by atoms with Gasteiger partial charge in [-0.3, -0.25) is 0 Å². The Kier molecular flexibility index (Phi) is 3.20. The molecular weight excluding hydrogens is 198 g/mol. The zero-order valence-corrected chi connectivity index (χ0v) is 9.40. The van der Waals surface area contributed by atoms with E-state index in [2.05, 4.69) is 17.1 Å². The smallest absolute Gasteiger partial charge is 0.222 e. The van der Waals surface area contributed by atoms with E-state index in [-0.39, 0.29) is 0 Å². The van der Waals surface area contributed by atoms with Gasteiger partial charge in [-0.25, -0.2) is 4.98 Å². The number of pyridine rings is 1. The standard InChI is InChI=1S/C14H15NO/c1-11-7-10-14(16)13(15-11)9-8-12-5-3-2-4-6-12/h2-7,10,16H,8-9H2,1H3/p+1. The van der Waals surface area contributed by atoms with Crippen LogP contribution in [0.3, 0.4) is 0 Å². The number of aromatic hydroxyl groups is 1. The van der Waals surface area contributed by atoms with Gasteiger partial charge in [-0.1, -0.05) is 30.3 Å². The second kappa shape index (κ2) is 4.79. The summed E-state index contributed by atoms with van der Waals surface area (Å²) < 4.78 is 0. The van der Waals surface area contributed by atoms with Crippen LogP contribution >= 0.6 is 0 Å². The molecule has 16 heavy (non-hydrogen) atoms. The first-order valence-electron chi connectivity index (χ1n) is 5.50. The highest BCUT2D eigenvalue weighted by Crippen LogP contribution is 2.13. The van der Waals surface area contributed by atoms with E-state index in [4.69, 9.17) is 0 Å². The number of rotatable bonds is 3. The van der Waals surface area contributed by atoms with Gasteiger partial charge in [-0.2, -0.15) is 0 Å². The second-order valence-electron chi connectivity index (χ2n) is 3.99. The number of H-pyrrole nitrogens is 1. The van der Waals surface area contributed by atoms with Gasteiger partial charge < -0.3 is 5.11 Å². The molecule has 0 aliphatic heterocycles. The number of benzene rings is 1. The summed E-state index contributed by atoms with van der Waals surface area (Å²) in [4.78, 5) is 3.20. The van der Waals surface area contributed by atoms with E-state index in [1.807, 2.05) is 31.2 Å². The fourth-order valence-electron chi connectivity index (χ4n) is 1.75. The van der Waals surface area contributed by atoms with Crippen molar-refractivity contribution in [1.29, 1.82) is 0 Å². The molecule has 0 saturated carbocycles. The fourth-order valence-corrected chi connectivity index (χ4v) is 1.75. The maximum atomic E-state index is 9.68. The molecule has 2 aromatic rings. The Labute approximate surface area is 95.6 Å². The van der Waals surface area contributed by atoms with Crippen molar-refractivity contribution in [3.63, 3.8) is 0 Å². The van der Waals surface area contributed by atoms with Crippen molar-refractivity contribution >= 4 is 0 Å². The van der Waals surface area contributed by atoms with Gasteiger partial charge in [-0.05, 0) is 18.1 Å². The Hall–Kier alpha value is -1.83. The van der Waals surface area contributed by atoms with Crippen molar-refractivity contribution < 1.29 is 10.1 Å². The van der Waals surface area contributed by atoms with Crippen LogP contribution in [0.15, 0.2) is 42.5 Å². The number of hydrogen-bond donors (Lipinski definition) is 1. The first-order chi connectivity index (χ1) is 7.75. The highest BCUT2D eigenvalue weighted by Gasteiger charge is 2.09. The van der Waals surface area contributed by atoms with E-state index >= 15 is 0 Å². The van der Waals surface area contributed by atoms with Gasteiger partial charge in [-0.15, -0.1) is 0 Å². The highest BCUT2D eigenvalue weighted by molar-refractivity contribution is 5.24. The van der Waals surface area contributed by atoms with Gasteiger partial charge in [0.2, 0.25) is 5.69 Å². The monoisotopic (exact) mass is 214 g/mol. The van der Waals surface area contributed by atoms with Crippen molar-refractivity contribution in [1.82, 2.24) is 0 Å². The van der Waals surface area contributed by atoms with Crippen LogP contribution in [-0.4, -0.2) is 5.11 Å². The Bertz CT molecular complexity index is 465. The van der Waals surface area contributed by atoms with E-state index in [0.29, 0.717) is 5.75 Å². The molecule has 0 fully saturated rings. The largest absolute Gasteiger partial charge is 0.503 e. The van der Waals surface area contributed by atoms with Crippen molar-refractivity contribution in [2.45, 2.75) is 19.8 Å². The van der Waals surface area contributed by atoms with Crippen LogP contribution < -0.4 is 4.98 Å². The van der Waals surface area contributed by atoms with E-state index in [9.17, 15) is 5.11 Å². The molecule has 0 radical (unpaired) electrons. The normalized spacial score (nSPS) is 10.3. The summed E-state index contributed by atoms with van der Waals surface area (Å²) in [5, 5.41) is 9.68. The third-order valence-corrected chi connectivity index (χ3v) is 2.65. The van der Waals surface area contributed by atoms with Crippen LogP contribution in [0.2, 0.25) is 0 Å². The average Bonchev–Trinajstić information content (AvgIpc) is 2.32. The van der Waals surface area contributed by atoms with Crippen LogP contribution in [0.25, 0.3) is 0 Å². The second-order valence-corrected chi connectivity index (χ2v) is 3.99. The van der Waals surface area contributed by atoms with Crippen LogP contribution in [0.1, 0.15) is 17.0 Å². The first kappa shape index (κ1) is 10.7. The van der Waals surface area contributed by atoms with E-state index in [1.54, 1.807) is 6.07 Å². The van der Waals surface area contributed by atoms with E-state index in [0.717, 1.165) is 24.2 Å². The molecule has 0 aliphatic rings. The van der Waals surface area contributed by atoms with Gasteiger partial charge in [0, 0.05) is 19.4 Å². The molecular formula is C14H16NO+. The third kappa shape index (κ3) is 2.60. The van der Waals surface area contributed by atoms with Crippen molar-refractivity contribution in [3.8, 4) is 5.75 Å². The first-order valence-corrected chi connectivity index (χ1v) is 5.50. The summed E-state index contributed by atoms with van der Waals surface area (Å²) in [7, 11) is 0. The van der Waals surface area contributed by atoms with Crippen LogP contribution in [0.5, 0.6) is 5.75 Å². The number of aryl methyl sites for hydroxylation is 3. The molecule has 0 atom stereocenters. The maximum absolute atomic E-state index is 9.68. The summed E-state index contributed by atoms with van der Waals surface area (Å²) in [5.74, 6) is 0.349. The third-order valence-electron chi connectivity index (χ3n) is 2.65. The Morgan fingerprint density at radius 2 is 1.75 bits per heavy atom. The number of aromatic amines is 1. The lowest BCUT2D eigenvalue weighted by Crippen LogP contribution is -2.15. The predicted octanol–water partition coefficient (Wildman–Crippen LogP) is 2.30. The Balaban J connectivity index is 2.08. The molecule has 1 aromatic carbocycles. The van der Waals surface area contributed by atoms with Crippen LogP contribution in [0, 0.1) is 6.92 Å². The molecule has 2 rings (SSSR count). The molecule has 2 nitrogen and oxygen atoms in total. The molecule has 82 valence electrons. The lowest BCUT2D eigenvalue weighted by molar-refractivity contribution is -0.400. The summed E-state index contributed by atoms with van der Waals surface area (Å²) in [5.41, 5.74) is 3.27. The van der Waals surface area contributed by atoms with Crippen LogP contribution in [-0.2, 0) is 12.8 Å².